The first-order valence-corrected chi connectivity index (χ1v) is 8.14. The second-order valence-corrected chi connectivity index (χ2v) is 5.55. The van der Waals surface area contributed by atoms with Crippen molar-refractivity contribution in [2.24, 2.45) is 0 Å². The van der Waals surface area contributed by atoms with Gasteiger partial charge in [-0.3, -0.25) is 9.78 Å². The number of aryl methyl sites for hydroxylation is 1. The first-order valence-electron chi connectivity index (χ1n) is 8.14. The Kier molecular flexibility index (Phi) is 5.07. The molecule has 2 heterocycles. The minimum Gasteiger partial charge on any atom is -0.462 e. The molecule has 0 amide bonds. The highest BCUT2D eigenvalue weighted by atomic mass is 16.5. The lowest BCUT2D eigenvalue weighted by atomic mass is 10.0. The molecule has 0 saturated carbocycles. The summed E-state index contributed by atoms with van der Waals surface area (Å²) in [5, 5.41) is 9.54. The third kappa shape index (κ3) is 3.46. The number of hydrogen-bond donors (Lipinski definition) is 2. The van der Waals surface area contributed by atoms with E-state index in [0.717, 1.165) is 5.56 Å². The average Bonchev–Trinajstić information content (AvgIpc) is 2.65. The molecule has 2 N–H and O–H groups in total. The molecule has 0 saturated heterocycles. The van der Waals surface area contributed by atoms with Crippen LogP contribution in [0.15, 0.2) is 53.6 Å². The number of anilines is 2. The van der Waals surface area contributed by atoms with Gasteiger partial charge in [-0.1, -0.05) is 30.3 Å². The summed E-state index contributed by atoms with van der Waals surface area (Å²) in [6.07, 6.45) is 3.24. The topological polar surface area (TPSA) is 97.0 Å². The molecule has 132 valence electrons. The van der Waals surface area contributed by atoms with Gasteiger partial charge in [0.2, 0.25) is 0 Å². The number of nitrogens with zero attached hydrogens (tertiary/aromatic N) is 2. The Bertz CT molecular complexity index is 984. The maximum absolute atomic E-state index is 12.6. The Morgan fingerprint density at radius 2 is 2.00 bits per heavy atom. The lowest BCUT2D eigenvalue weighted by Crippen LogP contribution is -2.21. The normalized spacial score (nSPS) is 10.4. The van der Waals surface area contributed by atoms with Crippen LogP contribution in [0.25, 0.3) is 11.3 Å². The fourth-order valence-electron chi connectivity index (χ4n) is 2.51. The van der Waals surface area contributed by atoms with Gasteiger partial charge in [0.1, 0.15) is 16.9 Å². The van der Waals surface area contributed by atoms with Crippen LogP contribution in [0.2, 0.25) is 0 Å². The summed E-state index contributed by atoms with van der Waals surface area (Å²) in [5.74, 6) is -0.617. The number of rotatable bonds is 5. The maximum Gasteiger partial charge on any atom is 0.342 e. The van der Waals surface area contributed by atoms with Crippen LogP contribution in [0.5, 0.6) is 0 Å². The van der Waals surface area contributed by atoms with Gasteiger partial charge in [0, 0.05) is 11.8 Å². The molecular formula is C19H18N4O3. The zero-order valence-corrected chi connectivity index (χ0v) is 14.4. The molecule has 26 heavy (non-hydrogen) atoms. The molecule has 0 bridgehead atoms. The summed E-state index contributed by atoms with van der Waals surface area (Å²) < 4.78 is 5.17. The Balaban J connectivity index is 2.20. The number of esters is 1. The molecule has 1 aromatic carbocycles. The summed E-state index contributed by atoms with van der Waals surface area (Å²) in [6.45, 7) is 3.77. The van der Waals surface area contributed by atoms with Crippen molar-refractivity contribution in [2.45, 2.75) is 13.8 Å². The number of aromatic nitrogens is 3. The number of benzene rings is 1. The third-order valence-electron chi connectivity index (χ3n) is 3.81. The van der Waals surface area contributed by atoms with Crippen molar-refractivity contribution in [2.75, 3.05) is 11.9 Å². The Morgan fingerprint density at radius 1 is 1.23 bits per heavy atom. The smallest absolute Gasteiger partial charge is 0.342 e. The minimum atomic E-state index is -0.617. The van der Waals surface area contributed by atoms with E-state index < -0.39 is 11.5 Å². The van der Waals surface area contributed by atoms with Crippen LogP contribution in [0, 0.1) is 6.92 Å². The van der Waals surface area contributed by atoms with E-state index in [1.807, 2.05) is 37.3 Å². The van der Waals surface area contributed by atoms with Crippen molar-refractivity contribution < 1.29 is 9.53 Å². The van der Waals surface area contributed by atoms with E-state index in [1.54, 1.807) is 25.4 Å². The fourth-order valence-corrected chi connectivity index (χ4v) is 2.51. The van der Waals surface area contributed by atoms with E-state index >= 15 is 0 Å². The molecule has 0 aliphatic carbocycles. The van der Waals surface area contributed by atoms with Crippen LogP contribution in [-0.2, 0) is 4.74 Å². The van der Waals surface area contributed by atoms with E-state index in [2.05, 4.69) is 20.5 Å². The summed E-state index contributed by atoms with van der Waals surface area (Å²) in [5.41, 5.74) is 2.18. The second-order valence-electron chi connectivity index (χ2n) is 5.55. The molecular weight excluding hydrogens is 332 g/mol. The lowest BCUT2D eigenvalue weighted by Gasteiger charge is -2.14. The Hall–Kier alpha value is -3.48. The van der Waals surface area contributed by atoms with Gasteiger partial charge in [-0.15, -0.1) is 0 Å². The van der Waals surface area contributed by atoms with E-state index in [1.165, 1.54) is 0 Å². The van der Waals surface area contributed by atoms with Crippen LogP contribution in [0.4, 0.5) is 11.4 Å². The standard InChI is InChI=1S/C19H18N4O3/c1-3-26-19(25)15-16(13-7-5-4-6-8-13)22-23-18(24)17(15)21-14-11-20-10-9-12(14)2/h4-11H,3H2,1-2H3,(H,21,22)(H,23,24). The third-order valence-corrected chi connectivity index (χ3v) is 3.81. The molecule has 0 atom stereocenters. The largest absolute Gasteiger partial charge is 0.462 e. The number of H-pyrrole nitrogens is 1. The zero-order valence-electron chi connectivity index (χ0n) is 14.4. The maximum atomic E-state index is 12.6. The number of pyridine rings is 1. The predicted octanol–water partition coefficient (Wildman–Crippen LogP) is 3.06. The SMILES string of the molecule is CCOC(=O)c1c(-c2ccccc2)n[nH]c(=O)c1Nc1cnccc1C. The fraction of sp³-hybridized carbons (Fsp3) is 0.158. The van der Waals surface area contributed by atoms with E-state index in [4.69, 9.17) is 4.74 Å². The molecule has 7 nitrogen and oxygen atoms in total. The van der Waals surface area contributed by atoms with Gasteiger partial charge in [-0.05, 0) is 25.5 Å². The predicted molar refractivity (Wildman–Crippen MR) is 98.5 cm³/mol. The minimum absolute atomic E-state index is 0.0772. The van der Waals surface area contributed by atoms with Gasteiger partial charge >= 0.3 is 5.97 Å². The van der Waals surface area contributed by atoms with Crippen molar-refractivity contribution in [1.82, 2.24) is 15.2 Å². The monoisotopic (exact) mass is 350 g/mol. The summed E-state index contributed by atoms with van der Waals surface area (Å²) >= 11 is 0. The first kappa shape index (κ1) is 17.3. The number of carbonyl (C=O) groups is 1. The van der Waals surface area contributed by atoms with E-state index in [0.29, 0.717) is 16.9 Å². The molecule has 0 fully saturated rings. The van der Waals surface area contributed by atoms with Crippen molar-refractivity contribution in [1.29, 1.82) is 0 Å². The second kappa shape index (κ2) is 7.60. The summed E-state index contributed by atoms with van der Waals surface area (Å²) in [7, 11) is 0. The van der Waals surface area contributed by atoms with Crippen LogP contribution >= 0.6 is 0 Å². The molecule has 2 aromatic heterocycles. The zero-order chi connectivity index (χ0) is 18.5. The quantitative estimate of drug-likeness (QED) is 0.687. The summed E-state index contributed by atoms with van der Waals surface area (Å²) in [6, 6.07) is 10.9. The molecule has 0 aliphatic heterocycles. The van der Waals surface area contributed by atoms with Gasteiger partial charge in [-0.2, -0.15) is 5.10 Å². The number of ether oxygens (including phenoxy) is 1. The first-order chi connectivity index (χ1) is 12.6. The van der Waals surface area contributed by atoms with Crippen molar-refractivity contribution in [3.8, 4) is 11.3 Å². The van der Waals surface area contributed by atoms with Crippen molar-refractivity contribution >= 4 is 17.3 Å². The van der Waals surface area contributed by atoms with Crippen LogP contribution < -0.4 is 10.9 Å². The van der Waals surface area contributed by atoms with Crippen LogP contribution in [0.1, 0.15) is 22.8 Å². The number of nitrogens with one attached hydrogen (secondary N) is 2. The summed E-state index contributed by atoms with van der Waals surface area (Å²) in [4.78, 5) is 29.1. The van der Waals surface area contributed by atoms with Crippen LogP contribution in [0.3, 0.4) is 0 Å². The highest BCUT2D eigenvalue weighted by Gasteiger charge is 2.24. The van der Waals surface area contributed by atoms with Gasteiger partial charge in [0.15, 0.2) is 0 Å². The lowest BCUT2D eigenvalue weighted by molar-refractivity contribution is 0.0527. The molecule has 0 spiro atoms. The Morgan fingerprint density at radius 3 is 2.69 bits per heavy atom. The molecule has 0 aliphatic rings. The van der Waals surface area contributed by atoms with Gasteiger partial charge in [0.05, 0.1) is 18.5 Å². The van der Waals surface area contributed by atoms with E-state index in [9.17, 15) is 9.59 Å². The molecule has 3 rings (SSSR count). The van der Waals surface area contributed by atoms with Gasteiger partial charge in [-0.25, -0.2) is 9.89 Å². The van der Waals surface area contributed by atoms with Crippen molar-refractivity contribution in [3.63, 3.8) is 0 Å². The van der Waals surface area contributed by atoms with Gasteiger partial charge in [0.25, 0.3) is 5.56 Å². The number of carbonyl (C=O) groups excluding carboxylic acids is 1. The van der Waals surface area contributed by atoms with E-state index in [-0.39, 0.29) is 17.9 Å². The average molecular weight is 350 g/mol. The Labute approximate surface area is 150 Å². The number of aromatic amines is 1. The molecule has 0 unspecified atom stereocenters. The highest BCUT2D eigenvalue weighted by molar-refractivity contribution is 6.02. The van der Waals surface area contributed by atoms with Crippen molar-refractivity contribution in [3.05, 3.63) is 70.3 Å². The van der Waals surface area contributed by atoms with Crippen LogP contribution in [-0.4, -0.2) is 27.8 Å². The molecule has 3 aromatic rings. The van der Waals surface area contributed by atoms with Gasteiger partial charge < -0.3 is 10.1 Å². The molecule has 7 heteroatoms. The molecule has 0 radical (unpaired) electrons. The number of hydrogen-bond acceptors (Lipinski definition) is 6. The highest BCUT2D eigenvalue weighted by Crippen LogP contribution is 2.27.